The zero-order valence-electron chi connectivity index (χ0n) is 8.00. The molecular weight excluding hydrogens is 200 g/mol. The molecule has 1 aliphatic rings. The first-order chi connectivity index (χ1) is 6.66. The van der Waals surface area contributed by atoms with E-state index in [1.807, 2.05) is 0 Å². The summed E-state index contributed by atoms with van der Waals surface area (Å²) in [5, 5.41) is 3.57. The smallest absolute Gasteiger partial charge is 0.157 e. The number of nitrogens with zero attached hydrogens (tertiary/aromatic N) is 2. The van der Waals surface area contributed by atoms with Crippen LogP contribution in [0.3, 0.4) is 0 Å². The van der Waals surface area contributed by atoms with Gasteiger partial charge in [0.05, 0.1) is 0 Å². The van der Waals surface area contributed by atoms with Gasteiger partial charge >= 0.3 is 0 Å². The second-order valence-electron chi connectivity index (χ2n) is 3.84. The molecule has 5 heteroatoms. The van der Waals surface area contributed by atoms with Crippen LogP contribution >= 0.6 is 11.6 Å². The molecule has 0 atom stereocenters. The van der Waals surface area contributed by atoms with Gasteiger partial charge < -0.3 is 11.1 Å². The normalized spacial score (nSPS) is 25.6. The van der Waals surface area contributed by atoms with Gasteiger partial charge in [0.15, 0.2) is 11.0 Å². The minimum Gasteiger partial charge on any atom is -0.393 e. The van der Waals surface area contributed by atoms with Gasteiger partial charge in [0.2, 0.25) is 0 Å². The standard InChI is InChI=1S/C9H13ClN4/c1-5-2-6(3-5)14-9-7(11)8(10)12-4-13-9/h4-6H,2-3,11H2,1H3,(H,12,13,14). The lowest BCUT2D eigenvalue weighted by molar-refractivity contribution is 0.308. The molecule has 0 saturated heterocycles. The summed E-state index contributed by atoms with van der Waals surface area (Å²) in [4.78, 5) is 7.85. The second-order valence-corrected chi connectivity index (χ2v) is 4.20. The van der Waals surface area contributed by atoms with Crippen LogP contribution in [0.4, 0.5) is 11.5 Å². The highest BCUT2D eigenvalue weighted by Crippen LogP contribution is 2.31. The summed E-state index contributed by atoms with van der Waals surface area (Å²) in [6.07, 6.45) is 3.76. The van der Waals surface area contributed by atoms with E-state index in [-0.39, 0.29) is 0 Å². The van der Waals surface area contributed by atoms with Crippen molar-refractivity contribution in [3.8, 4) is 0 Å². The van der Waals surface area contributed by atoms with E-state index in [4.69, 9.17) is 17.3 Å². The van der Waals surface area contributed by atoms with Gasteiger partial charge in [0.1, 0.15) is 12.0 Å². The van der Waals surface area contributed by atoms with Crippen molar-refractivity contribution in [3.63, 3.8) is 0 Å². The van der Waals surface area contributed by atoms with Gasteiger partial charge in [-0.2, -0.15) is 0 Å². The van der Waals surface area contributed by atoms with Crippen LogP contribution in [0.15, 0.2) is 6.33 Å². The molecule has 1 heterocycles. The summed E-state index contributed by atoms with van der Waals surface area (Å²) >= 11 is 5.77. The molecule has 1 aromatic heterocycles. The Balaban J connectivity index is 2.06. The monoisotopic (exact) mass is 212 g/mol. The van der Waals surface area contributed by atoms with Gasteiger partial charge in [0, 0.05) is 6.04 Å². The molecule has 14 heavy (non-hydrogen) atoms. The Hall–Kier alpha value is -1.03. The lowest BCUT2D eigenvalue weighted by atomic mass is 9.82. The Morgan fingerprint density at radius 2 is 2.21 bits per heavy atom. The topological polar surface area (TPSA) is 63.8 Å². The quantitative estimate of drug-likeness (QED) is 0.736. The molecule has 1 fully saturated rings. The summed E-state index contributed by atoms with van der Waals surface area (Å²) < 4.78 is 0. The van der Waals surface area contributed by atoms with E-state index in [1.165, 1.54) is 19.2 Å². The van der Waals surface area contributed by atoms with Crippen LogP contribution < -0.4 is 11.1 Å². The molecular formula is C9H13ClN4. The fourth-order valence-electron chi connectivity index (χ4n) is 1.70. The van der Waals surface area contributed by atoms with E-state index in [0.717, 1.165) is 5.92 Å². The number of nitrogens with one attached hydrogen (secondary N) is 1. The number of anilines is 2. The minimum atomic E-state index is 0.315. The van der Waals surface area contributed by atoms with E-state index in [2.05, 4.69) is 22.2 Å². The van der Waals surface area contributed by atoms with Gasteiger partial charge in [-0.25, -0.2) is 9.97 Å². The maximum absolute atomic E-state index is 5.77. The third-order valence-electron chi connectivity index (χ3n) is 2.55. The zero-order chi connectivity index (χ0) is 10.1. The van der Waals surface area contributed by atoms with Gasteiger partial charge in [-0.1, -0.05) is 18.5 Å². The molecule has 0 unspecified atom stereocenters. The van der Waals surface area contributed by atoms with Crippen LogP contribution in [-0.4, -0.2) is 16.0 Å². The molecule has 4 nitrogen and oxygen atoms in total. The van der Waals surface area contributed by atoms with Crippen molar-refractivity contribution in [1.82, 2.24) is 9.97 Å². The van der Waals surface area contributed by atoms with Gasteiger partial charge in [-0.15, -0.1) is 0 Å². The van der Waals surface area contributed by atoms with Crippen molar-refractivity contribution in [3.05, 3.63) is 11.5 Å². The van der Waals surface area contributed by atoms with Crippen molar-refractivity contribution in [2.45, 2.75) is 25.8 Å². The summed E-state index contributed by atoms with van der Waals surface area (Å²) in [7, 11) is 0. The predicted octanol–water partition coefficient (Wildman–Crippen LogP) is 1.92. The van der Waals surface area contributed by atoms with Crippen LogP contribution in [-0.2, 0) is 0 Å². The number of hydrogen-bond acceptors (Lipinski definition) is 4. The summed E-state index contributed by atoms with van der Waals surface area (Å²) in [5.74, 6) is 1.45. The summed E-state index contributed by atoms with van der Waals surface area (Å²) in [6.45, 7) is 2.23. The van der Waals surface area contributed by atoms with Crippen molar-refractivity contribution in [2.75, 3.05) is 11.1 Å². The molecule has 2 rings (SSSR count). The molecule has 0 amide bonds. The number of rotatable bonds is 2. The Bertz CT molecular complexity index is 336. The highest BCUT2D eigenvalue weighted by molar-refractivity contribution is 6.32. The van der Waals surface area contributed by atoms with E-state index in [1.54, 1.807) is 0 Å². The minimum absolute atomic E-state index is 0.315. The third kappa shape index (κ3) is 1.75. The molecule has 3 N–H and O–H groups in total. The Kier molecular flexibility index (Phi) is 2.46. The van der Waals surface area contributed by atoms with Crippen molar-refractivity contribution in [2.24, 2.45) is 5.92 Å². The Morgan fingerprint density at radius 3 is 2.86 bits per heavy atom. The number of halogens is 1. The highest BCUT2D eigenvalue weighted by Gasteiger charge is 2.26. The van der Waals surface area contributed by atoms with Gasteiger partial charge in [0.25, 0.3) is 0 Å². The Labute approximate surface area is 87.9 Å². The third-order valence-corrected chi connectivity index (χ3v) is 2.85. The van der Waals surface area contributed by atoms with Crippen molar-refractivity contribution >= 4 is 23.1 Å². The highest BCUT2D eigenvalue weighted by atomic mass is 35.5. The zero-order valence-corrected chi connectivity index (χ0v) is 8.75. The molecule has 0 bridgehead atoms. The number of hydrogen-bond donors (Lipinski definition) is 2. The van der Waals surface area contributed by atoms with E-state index in [0.29, 0.717) is 22.7 Å². The number of nitrogens with two attached hydrogens (primary N) is 1. The van der Waals surface area contributed by atoms with E-state index < -0.39 is 0 Å². The maximum atomic E-state index is 5.77. The number of nitrogen functional groups attached to an aromatic ring is 1. The average Bonchev–Trinajstić information content (AvgIpc) is 2.10. The molecule has 1 saturated carbocycles. The first kappa shape index (κ1) is 9.52. The van der Waals surface area contributed by atoms with Crippen molar-refractivity contribution in [1.29, 1.82) is 0 Å². The van der Waals surface area contributed by atoms with Crippen LogP contribution in [0, 0.1) is 5.92 Å². The van der Waals surface area contributed by atoms with Crippen LogP contribution in [0.1, 0.15) is 19.8 Å². The number of aromatic nitrogens is 2. The molecule has 0 aromatic carbocycles. The van der Waals surface area contributed by atoms with E-state index >= 15 is 0 Å². The lowest BCUT2D eigenvalue weighted by Crippen LogP contribution is -2.34. The largest absolute Gasteiger partial charge is 0.393 e. The summed E-state index contributed by atoms with van der Waals surface area (Å²) in [5.41, 5.74) is 6.16. The maximum Gasteiger partial charge on any atom is 0.157 e. The van der Waals surface area contributed by atoms with Crippen molar-refractivity contribution < 1.29 is 0 Å². The predicted molar refractivity (Wildman–Crippen MR) is 57.3 cm³/mol. The molecule has 76 valence electrons. The first-order valence-electron chi connectivity index (χ1n) is 4.69. The fraction of sp³-hybridized carbons (Fsp3) is 0.556. The van der Waals surface area contributed by atoms with Crippen LogP contribution in [0.2, 0.25) is 5.15 Å². The second kappa shape index (κ2) is 3.61. The SMILES string of the molecule is CC1CC(Nc2ncnc(Cl)c2N)C1. The first-order valence-corrected chi connectivity index (χ1v) is 5.07. The fourth-order valence-corrected chi connectivity index (χ4v) is 1.84. The molecule has 1 aromatic rings. The van der Waals surface area contributed by atoms with Crippen LogP contribution in [0.5, 0.6) is 0 Å². The van der Waals surface area contributed by atoms with E-state index in [9.17, 15) is 0 Å². The molecule has 0 radical (unpaired) electrons. The Morgan fingerprint density at radius 1 is 1.50 bits per heavy atom. The van der Waals surface area contributed by atoms with Gasteiger partial charge in [-0.05, 0) is 18.8 Å². The van der Waals surface area contributed by atoms with Crippen LogP contribution in [0.25, 0.3) is 0 Å². The molecule has 0 spiro atoms. The summed E-state index contributed by atoms with van der Waals surface area (Å²) in [6, 6.07) is 0.485. The molecule has 1 aliphatic carbocycles. The molecule has 0 aliphatic heterocycles. The average molecular weight is 213 g/mol. The van der Waals surface area contributed by atoms with Gasteiger partial charge in [-0.3, -0.25) is 0 Å². The lowest BCUT2D eigenvalue weighted by Gasteiger charge is -2.33.